The summed E-state index contributed by atoms with van der Waals surface area (Å²) in [7, 11) is 3.84. The van der Waals surface area contributed by atoms with Crippen LogP contribution in [0.1, 0.15) is 32.1 Å². The van der Waals surface area contributed by atoms with E-state index in [1.165, 1.54) is 32.1 Å². The molecule has 0 aliphatic heterocycles. The van der Waals surface area contributed by atoms with Crippen LogP contribution in [0.3, 0.4) is 0 Å². The van der Waals surface area contributed by atoms with Crippen molar-refractivity contribution in [2.24, 2.45) is 5.10 Å². The molecule has 0 heterocycles. The topological polar surface area (TPSA) is 15.6 Å². The molecule has 2 heteroatoms. The fourth-order valence-corrected chi connectivity index (χ4v) is 1.59. The van der Waals surface area contributed by atoms with Crippen molar-refractivity contribution in [2.75, 3.05) is 14.1 Å². The van der Waals surface area contributed by atoms with Gasteiger partial charge in [-0.05, 0) is 31.8 Å². The third-order valence-electron chi connectivity index (χ3n) is 2.32. The largest absolute Gasteiger partial charge is 0.303 e. The highest BCUT2D eigenvalue weighted by molar-refractivity contribution is 5.71. The summed E-state index contributed by atoms with van der Waals surface area (Å²) in [5.41, 5.74) is 1.59. The number of hydrogen-bond donors (Lipinski definition) is 0. The monoisotopic (exact) mass is 192 g/mol. The van der Waals surface area contributed by atoms with Gasteiger partial charge in [-0.2, -0.15) is 5.10 Å². The maximum atomic E-state index is 4.10. The van der Waals surface area contributed by atoms with E-state index in [0.29, 0.717) is 0 Å². The molecule has 0 atom stereocenters. The molecule has 0 radical (unpaired) electrons. The molecule has 1 aliphatic carbocycles. The molecule has 0 amide bonds. The van der Waals surface area contributed by atoms with Gasteiger partial charge in [0.2, 0.25) is 0 Å². The van der Waals surface area contributed by atoms with Gasteiger partial charge in [0.05, 0.1) is 0 Å². The van der Waals surface area contributed by atoms with E-state index in [1.807, 2.05) is 26.4 Å². The lowest BCUT2D eigenvalue weighted by atomic mass is 9.95. The molecule has 0 aromatic rings. The number of allylic oxidation sites excluding steroid dienone is 4. The molecule has 78 valence electrons. The second-order valence-corrected chi connectivity index (χ2v) is 3.88. The Morgan fingerprint density at radius 1 is 1.07 bits per heavy atom. The van der Waals surface area contributed by atoms with Crippen molar-refractivity contribution in [2.45, 2.75) is 32.1 Å². The lowest BCUT2D eigenvalue weighted by molar-refractivity contribution is 0.440. The number of hydrogen-bond acceptors (Lipinski definition) is 2. The van der Waals surface area contributed by atoms with Crippen LogP contribution in [0.4, 0.5) is 0 Å². The van der Waals surface area contributed by atoms with Crippen molar-refractivity contribution >= 4 is 6.21 Å². The van der Waals surface area contributed by atoms with Crippen LogP contribution >= 0.6 is 0 Å². The van der Waals surface area contributed by atoms with Gasteiger partial charge in [-0.1, -0.05) is 24.1 Å². The molecule has 1 rings (SSSR count). The van der Waals surface area contributed by atoms with Crippen LogP contribution < -0.4 is 0 Å². The summed E-state index contributed by atoms with van der Waals surface area (Å²) in [6.07, 6.45) is 14.8. The zero-order valence-corrected chi connectivity index (χ0v) is 9.24. The highest BCUT2D eigenvalue weighted by Gasteiger charge is 2.02. The minimum absolute atomic E-state index is 1.29. The average Bonchev–Trinajstić information content (AvgIpc) is 2.18. The van der Waals surface area contributed by atoms with Crippen molar-refractivity contribution in [1.29, 1.82) is 0 Å². The quantitative estimate of drug-likeness (QED) is 0.496. The van der Waals surface area contributed by atoms with E-state index in [-0.39, 0.29) is 0 Å². The zero-order chi connectivity index (χ0) is 10.2. The molecule has 1 aliphatic rings. The van der Waals surface area contributed by atoms with E-state index < -0.39 is 0 Å². The number of rotatable bonds is 3. The molecule has 0 aromatic heterocycles. The Hall–Kier alpha value is -1.05. The summed E-state index contributed by atoms with van der Waals surface area (Å²) < 4.78 is 0. The lowest BCUT2D eigenvalue weighted by Crippen LogP contribution is -2.00. The second kappa shape index (κ2) is 6.41. The lowest BCUT2D eigenvalue weighted by Gasteiger charge is -2.11. The highest BCUT2D eigenvalue weighted by Crippen LogP contribution is 2.22. The van der Waals surface area contributed by atoms with Crippen LogP contribution in [0.25, 0.3) is 0 Å². The number of hydrazone groups is 1. The third-order valence-corrected chi connectivity index (χ3v) is 2.32. The Morgan fingerprint density at radius 2 is 1.79 bits per heavy atom. The summed E-state index contributed by atoms with van der Waals surface area (Å²) in [5, 5.41) is 5.89. The summed E-state index contributed by atoms with van der Waals surface area (Å²) >= 11 is 0. The molecular weight excluding hydrogens is 172 g/mol. The Labute approximate surface area is 87.0 Å². The van der Waals surface area contributed by atoms with Crippen molar-refractivity contribution in [3.63, 3.8) is 0 Å². The molecule has 1 saturated carbocycles. The Morgan fingerprint density at radius 3 is 2.43 bits per heavy atom. The summed E-state index contributed by atoms with van der Waals surface area (Å²) in [4.78, 5) is 0. The summed E-state index contributed by atoms with van der Waals surface area (Å²) in [6.45, 7) is 0. The molecule has 0 aromatic carbocycles. The summed E-state index contributed by atoms with van der Waals surface area (Å²) in [6, 6.07) is 0. The van der Waals surface area contributed by atoms with Gasteiger partial charge in [-0.15, -0.1) is 0 Å². The van der Waals surface area contributed by atoms with Crippen LogP contribution in [-0.2, 0) is 0 Å². The van der Waals surface area contributed by atoms with Crippen LogP contribution in [0.15, 0.2) is 28.9 Å². The van der Waals surface area contributed by atoms with E-state index in [2.05, 4.69) is 17.3 Å². The first-order chi connectivity index (χ1) is 6.79. The van der Waals surface area contributed by atoms with Crippen LogP contribution in [-0.4, -0.2) is 25.3 Å². The van der Waals surface area contributed by atoms with Crippen LogP contribution in [0, 0.1) is 0 Å². The van der Waals surface area contributed by atoms with Crippen molar-refractivity contribution in [3.05, 3.63) is 23.8 Å². The highest BCUT2D eigenvalue weighted by atomic mass is 15.4. The van der Waals surface area contributed by atoms with Gasteiger partial charge in [0.15, 0.2) is 0 Å². The van der Waals surface area contributed by atoms with Gasteiger partial charge in [0.25, 0.3) is 0 Å². The van der Waals surface area contributed by atoms with Gasteiger partial charge >= 0.3 is 0 Å². The van der Waals surface area contributed by atoms with Crippen molar-refractivity contribution < 1.29 is 0 Å². The molecule has 1 fully saturated rings. The van der Waals surface area contributed by atoms with E-state index in [9.17, 15) is 0 Å². The number of nitrogens with zero attached hydrogens (tertiary/aromatic N) is 2. The van der Waals surface area contributed by atoms with E-state index in [0.717, 1.165) is 0 Å². The van der Waals surface area contributed by atoms with E-state index >= 15 is 0 Å². The van der Waals surface area contributed by atoms with Crippen LogP contribution in [0.2, 0.25) is 0 Å². The van der Waals surface area contributed by atoms with E-state index in [1.54, 1.807) is 10.6 Å². The first-order valence-corrected chi connectivity index (χ1v) is 5.35. The first kappa shape index (κ1) is 11.0. The average molecular weight is 192 g/mol. The third kappa shape index (κ3) is 4.85. The molecule has 2 nitrogen and oxygen atoms in total. The minimum atomic E-state index is 1.29. The van der Waals surface area contributed by atoms with Gasteiger partial charge in [0.1, 0.15) is 0 Å². The van der Waals surface area contributed by atoms with Gasteiger partial charge in [-0.25, -0.2) is 0 Å². The van der Waals surface area contributed by atoms with Gasteiger partial charge in [0, 0.05) is 20.3 Å². The molecule has 0 N–H and O–H groups in total. The van der Waals surface area contributed by atoms with E-state index in [4.69, 9.17) is 0 Å². The molecule has 0 unspecified atom stereocenters. The van der Waals surface area contributed by atoms with Crippen molar-refractivity contribution in [3.8, 4) is 0 Å². The predicted octanol–water partition coefficient (Wildman–Crippen LogP) is 2.98. The maximum Gasteiger partial charge on any atom is 0.0470 e. The second-order valence-electron chi connectivity index (χ2n) is 3.88. The fourth-order valence-electron chi connectivity index (χ4n) is 1.59. The predicted molar refractivity (Wildman–Crippen MR) is 62.5 cm³/mol. The molecule has 14 heavy (non-hydrogen) atoms. The Bertz CT molecular complexity index is 229. The molecule has 0 saturated heterocycles. The fraction of sp³-hybridized carbons (Fsp3) is 0.583. The normalized spacial score (nSPS) is 18.0. The Balaban J connectivity index is 2.29. The summed E-state index contributed by atoms with van der Waals surface area (Å²) in [5.74, 6) is 0. The molecule has 0 bridgehead atoms. The zero-order valence-electron chi connectivity index (χ0n) is 9.24. The van der Waals surface area contributed by atoms with Crippen LogP contribution in [0.5, 0.6) is 0 Å². The Kier molecular flexibility index (Phi) is 5.05. The first-order valence-electron chi connectivity index (χ1n) is 5.35. The minimum Gasteiger partial charge on any atom is -0.303 e. The van der Waals surface area contributed by atoms with Crippen molar-refractivity contribution in [1.82, 2.24) is 5.01 Å². The molecule has 0 spiro atoms. The van der Waals surface area contributed by atoms with Gasteiger partial charge < -0.3 is 5.01 Å². The van der Waals surface area contributed by atoms with Gasteiger partial charge in [-0.3, -0.25) is 0 Å². The SMILES string of the molecule is CN(C)/N=C/C=C/C=C1CCCCC1. The maximum absolute atomic E-state index is 4.10. The molecular formula is C12H20N2. The standard InChI is InChI=1S/C12H20N2/c1-14(2)13-11-7-6-10-12-8-4-3-5-9-12/h6-7,10-11H,3-5,8-9H2,1-2H3/b7-6+,13-11+. The smallest absolute Gasteiger partial charge is 0.0470 e.